The van der Waals surface area contributed by atoms with Crippen molar-refractivity contribution in [1.82, 2.24) is 0 Å². The quantitative estimate of drug-likeness (QED) is 0.434. The zero-order chi connectivity index (χ0) is 20.6. The Labute approximate surface area is 178 Å². The van der Waals surface area contributed by atoms with Gasteiger partial charge in [0.05, 0.1) is 24.2 Å². The standard InChI is InChI=1S/C21H32O4S2Si/c1-20(2,3)28(5,6)25-18-12-15(8-9-17(18)23-4)21(26-10-7-11-27-21)16-13-19(22)24-14-16/h8-9,12,16H,7,10-11,13-14H2,1-6H3/t16-/m1/s1. The molecule has 1 atom stereocenters. The van der Waals surface area contributed by atoms with E-state index in [9.17, 15) is 4.79 Å². The van der Waals surface area contributed by atoms with Crippen LogP contribution >= 0.6 is 23.5 Å². The van der Waals surface area contributed by atoms with Crippen LogP contribution in [-0.4, -0.2) is 39.5 Å². The molecule has 2 heterocycles. The molecule has 2 fully saturated rings. The fraction of sp³-hybridized carbons (Fsp3) is 0.667. The summed E-state index contributed by atoms with van der Waals surface area (Å²) in [7, 11) is -0.314. The third kappa shape index (κ3) is 4.21. The Balaban J connectivity index is 2.01. The molecule has 0 aliphatic carbocycles. The average Bonchev–Trinajstić information content (AvgIpc) is 3.08. The summed E-state index contributed by atoms with van der Waals surface area (Å²) in [6.07, 6.45) is 1.69. The molecule has 2 aliphatic rings. The van der Waals surface area contributed by atoms with Crippen molar-refractivity contribution in [3.8, 4) is 11.5 Å². The fourth-order valence-corrected chi connectivity index (χ4v) is 7.92. The first-order valence-corrected chi connectivity index (χ1v) is 14.8. The molecule has 0 radical (unpaired) electrons. The number of benzene rings is 1. The van der Waals surface area contributed by atoms with Crippen molar-refractivity contribution in [3.05, 3.63) is 23.8 Å². The Hall–Kier alpha value is -0.793. The molecular formula is C21H32O4S2Si. The molecule has 0 bridgehead atoms. The van der Waals surface area contributed by atoms with Crippen molar-refractivity contribution < 1.29 is 18.7 Å². The molecule has 28 heavy (non-hydrogen) atoms. The van der Waals surface area contributed by atoms with Crippen LogP contribution in [0.4, 0.5) is 0 Å². The molecule has 1 aromatic carbocycles. The van der Waals surface area contributed by atoms with E-state index < -0.39 is 8.32 Å². The van der Waals surface area contributed by atoms with E-state index in [1.165, 1.54) is 12.0 Å². The smallest absolute Gasteiger partial charge is 0.306 e. The number of esters is 1. The van der Waals surface area contributed by atoms with Crippen molar-refractivity contribution in [1.29, 1.82) is 0 Å². The number of cyclic esters (lactones) is 1. The maximum absolute atomic E-state index is 11.9. The lowest BCUT2D eigenvalue weighted by molar-refractivity contribution is -0.137. The summed E-state index contributed by atoms with van der Waals surface area (Å²) in [4.78, 5) is 11.9. The van der Waals surface area contributed by atoms with Gasteiger partial charge in [0.25, 0.3) is 8.32 Å². The molecule has 0 saturated carbocycles. The molecule has 7 heteroatoms. The number of hydrogen-bond acceptors (Lipinski definition) is 6. The zero-order valence-electron chi connectivity index (χ0n) is 17.8. The maximum Gasteiger partial charge on any atom is 0.306 e. The molecule has 1 aromatic rings. The summed E-state index contributed by atoms with van der Waals surface area (Å²) in [6.45, 7) is 11.7. The molecule has 4 nitrogen and oxygen atoms in total. The number of thioether (sulfide) groups is 2. The molecular weight excluding hydrogens is 408 g/mol. The molecule has 3 rings (SSSR count). The van der Waals surface area contributed by atoms with Gasteiger partial charge in [0.1, 0.15) is 5.75 Å². The van der Waals surface area contributed by atoms with Crippen LogP contribution in [0.2, 0.25) is 18.1 Å². The number of rotatable bonds is 5. The van der Waals surface area contributed by atoms with Crippen molar-refractivity contribution in [2.75, 3.05) is 25.2 Å². The van der Waals surface area contributed by atoms with Gasteiger partial charge < -0.3 is 13.9 Å². The summed E-state index contributed by atoms with van der Waals surface area (Å²) in [6, 6.07) is 6.33. The van der Waals surface area contributed by atoms with E-state index in [4.69, 9.17) is 13.9 Å². The van der Waals surface area contributed by atoms with Gasteiger partial charge in [-0.2, -0.15) is 0 Å². The zero-order valence-corrected chi connectivity index (χ0v) is 20.4. The van der Waals surface area contributed by atoms with E-state index in [1.807, 2.05) is 29.6 Å². The second-order valence-electron chi connectivity index (χ2n) is 9.03. The van der Waals surface area contributed by atoms with Gasteiger partial charge in [-0.25, -0.2) is 0 Å². The Morgan fingerprint density at radius 2 is 1.86 bits per heavy atom. The van der Waals surface area contributed by atoms with Gasteiger partial charge in [-0.1, -0.05) is 26.8 Å². The Kier molecular flexibility index (Phi) is 6.37. The summed E-state index contributed by atoms with van der Waals surface area (Å²) in [5.74, 6) is 3.90. The SMILES string of the molecule is COc1ccc(C2([C@H]3COC(=O)C3)SCCCS2)cc1O[Si](C)(C)C(C)(C)C. The first-order valence-electron chi connectivity index (χ1n) is 9.90. The van der Waals surface area contributed by atoms with Crippen LogP contribution in [0.15, 0.2) is 18.2 Å². The molecule has 0 spiro atoms. The highest BCUT2D eigenvalue weighted by Crippen LogP contribution is 2.58. The number of carbonyl (C=O) groups excluding carboxylic acids is 1. The third-order valence-electron chi connectivity index (χ3n) is 6.05. The van der Waals surface area contributed by atoms with Crippen LogP contribution in [-0.2, 0) is 13.6 Å². The summed E-state index contributed by atoms with van der Waals surface area (Å²) in [5.41, 5.74) is 1.21. The maximum atomic E-state index is 11.9. The molecule has 0 N–H and O–H groups in total. The van der Waals surface area contributed by atoms with E-state index in [0.29, 0.717) is 13.0 Å². The van der Waals surface area contributed by atoms with Crippen molar-refractivity contribution in [2.45, 2.75) is 55.8 Å². The first-order chi connectivity index (χ1) is 13.1. The van der Waals surface area contributed by atoms with Crippen LogP contribution in [0.25, 0.3) is 0 Å². The normalized spacial score (nSPS) is 22.6. The van der Waals surface area contributed by atoms with E-state index in [1.54, 1.807) is 7.11 Å². The number of hydrogen-bond donors (Lipinski definition) is 0. The first kappa shape index (κ1) is 21.9. The number of ether oxygens (including phenoxy) is 2. The highest BCUT2D eigenvalue weighted by atomic mass is 32.2. The van der Waals surface area contributed by atoms with Crippen molar-refractivity contribution >= 4 is 37.8 Å². The van der Waals surface area contributed by atoms with E-state index in [2.05, 4.69) is 46.0 Å². The molecule has 2 aliphatic heterocycles. The van der Waals surface area contributed by atoms with E-state index in [-0.39, 0.29) is 21.0 Å². The number of carbonyl (C=O) groups is 1. The van der Waals surface area contributed by atoms with Gasteiger partial charge in [-0.15, -0.1) is 23.5 Å². The predicted octanol–water partition coefficient (Wildman–Crippen LogP) is 5.67. The van der Waals surface area contributed by atoms with Crippen LogP contribution < -0.4 is 9.16 Å². The number of methoxy groups -OCH3 is 1. The molecule has 156 valence electrons. The lowest BCUT2D eigenvalue weighted by Crippen LogP contribution is -2.44. The van der Waals surface area contributed by atoms with Crippen LogP contribution in [0.5, 0.6) is 11.5 Å². The Morgan fingerprint density at radius 3 is 2.39 bits per heavy atom. The van der Waals surface area contributed by atoms with Gasteiger partial charge in [-0.3, -0.25) is 4.79 Å². The molecule has 0 unspecified atom stereocenters. The Bertz CT molecular complexity index is 724. The second kappa shape index (κ2) is 8.15. The molecule has 0 amide bonds. The van der Waals surface area contributed by atoms with Gasteiger partial charge in [0.15, 0.2) is 5.75 Å². The lowest BCUT2D eigenvalue weighted by Gasteiger charge is -2.41. The topological polar surface area (TPSA) is 44.8 Å². The second-order valence-corrected chi connectivity index (χ2v) is 16.7. The highest BCUT2D eigenvalue weighted by molar-refractivity contribution is 8.18. The highest BCUT2D eigenvalue weighted by Gasteiger charge is 2.48. The average molecular weight is 441 g/mol. The summed E-state index contributed by atoms with van der Waals surface area (Å²) in [5, 5.41) is 0.103. The monoisotopic (exact) mass is 440 g/mol. The molecule has 0 aromatic heterocycles. The van der Waals surface area contributed by atoms with E-state index >= 15 is 0 Å². The third-order valence-corrected chi connectivity index (χ3v) is 14.1. The van der Waals surface area contributed by atoms with Crippen molar-refractivity contribution in [2.24, 2.45) is 5.92 Å². The molecule has 2 saturated heterocycles. The van der Waals surface area contributed by atoms with Gasteiger partial charge in [0, 0.05) is 5.92 Å². The minimum absolute atomic E-state index is 0.0811. The Morgan fingerprint density at radius 1 is 1.18 bits per heavy atom. The van der Waals surface area contributed by atoms with Crippen LogP contribution in [0.1, 0.15) is 39.2 Å². The van der Waals surface area contributed by atoms with Crippen LogP contribution in [0.3, 0.4) is 0 Å². The van der Waals surface area contributed by atoms with Crippen LogP contribution in [0, 0.1) is 5.92 Å². The van der Waals surface area contributed by atoms with Gasteiger partial charge >= 0.3 is 5.97 Å². The fourth-order valence-electron chi connectivity index (χ4n) is 3.34. The summed E-state index contributed by atoms with van der Waals surface area (Å²) < 4.78 is 17.5. The largest absolute Gasteiger partial charge is 0.541 e. The summed E-state index contributed by atoms with van der Waals surface area (Å²) >= 11 is 3.91. The lowest BCUT2D eigenvalue weighted by atomic mass is 9.96. The van der Waals surface area contributed by atoms with Crippen molar-refractivity contribution in [3.63, 3.8) is 0 Å². The minimum atomic E-state index is -2.00. The van der Waals surface area contributed by atoms with E-state index in [0.717, 1.165) is 23.0 Å². The van der Waals surface area contributed by atoms with Gasteiger partial charge in [-0.05, 0) is 53.8 Å². The van der Waals surface area contributed by atoms with Gasteiger partial charge in [0.2, 0.25) is 0 Å². The predicted molar refractivity (Wildman–Crippen MR) is 121 cm³/mol. The minimum Gasteiger partial charge on any atom is -0.541 e.